The minimum Gasteiger partial charge on any atom is -0.416 e. The molecule has 1 aromatic carbocycles. The summed E-state index contributed by atoms with van der Waals surface area (Å²) in [4.78, 5) is 0. The van der Waals surface area contributed by atoms with E-state index in [0.717, 1.165) is 17.7 Å². The lowest BCUT2D eigenvalue weighted by molar-refractivity contribution is 0.316. The summed E-state index contributed by atoms with van der Waals surface area (Å²) >= 11 is 0. The van der Waals surface area contributed by atoms with Crippen molar-refractivity contribution in [1.82, 2.24) is 0 Å². The minimum absolute atomic E-state index is 0.632. The van der Waals surface area contributed by atoms with Crippen molar-refractivity contribution in [2.24, 2.45) is 0 Å². The molecule has 1 nitrogen and oxygen atoms in total. The van der Waals surface area contributed by atoms with Gasteiger partial charge in [0.1, 0.15) is 0 Å². The summed E-state index contributed by atoms with van der Waals surface area (Å²) in [6.07, 6.45) is 0. The third-order valence-corrected chi connectivity index (χ3v) is 10.1. The van der Waals surface area contributed by atoms with E-state index in [9.17, 15) is 0 Å². The molecule has 1 saturated heterocycles. The van der Waals surface area contributed by atoms with Gasteiger partial charge in [0.05, 0.1) is 0 Å². The third kappa shape index (κ3) is 2.34. The van der Waals surface area contributed by atoms with E-state index in [-0.39, 0.29) is 0 Å². The average Bonchev–Trinajstić information content (AvgIpc) is 2.76. The Morgan fingerprint density at radius 1 is 1.06 bits per heavy atom. The summed E-state index contributed by atoms with van der Waals surface area (Å²) in [6.45, 7) is 10.3. The van der Waals surface area contributed by atoms with E-state index in [1.54, 1.807) is 0 Å². The first-order valence-corrected chi connectivity index (χ1v) is 9.02. The minimum atomic E-state index is -1.53. The zero-order valence-electron chi connectivity index (χ0n) is 11.4. The van der Waals surface area contributed by atoms with E-state index in [2.05, 4.69) is 58.0 Å². The molecule has 2 heteroatoms. The fourth-order valence-electron chi connectivity index (χ4n) is 3.17. The molecular weight excluding hydrogens is 224 g/mol. The van der Waals surface area contributed by atoms with Crippen molar-refractivity contribution < 1.29 is 4.43 Å². The van der Waals surface area contributed by atoms with E-state index in [0.29, 0.717) is 5.92 Å². The van der Waals surface area contributed by atoms with Crippen molar-refractivity contribution in [2.75, 3.05) is 6.61 Å². The second-order valence-electron chi connectivity index (χ2n) is 5.89. The number of rotatable bonds is 3. The summed E-state index contributed by atoms with van der Waals surface area (Å²) in [5, 5.41) is 0. The summed E-state index contributed by atoms with van der Waals surface area (Å²) in [5.41, 5.74) is 2.90. The summed E-state index contributed by atoms with van der Waals surface area (Å²) in [7, 11) is -1.53. The van der Waals surface area contributed by atoms with Gasteiger partial charge in [-0.05, 0) is 22.7 Å². The van der Waals surface area contributed by atoms with Crippen molar-refractivity contribution in [3.8, 4) is 0 Å². The Labute approximate surface area is 106 Å². The molecule has 0 bridgehead atoms. The topological polar surface area (TPSA) is 9.23 Å². The van der Waals surface area contributed by atoms with Crippen LogP contribution in [0.5, 0.6) is 0 Å². The van der Waals surface area contributed by atoms with Gasteiger partial charge < -0.3 is 4.43 Å². The Morgan fingerprint density at radius 3 is 2.12 bits per heavy atom. The predicted molar refractivity (Wildman–Crippen MR) is 75.9 cm³/mol. The van der Waals surface area contributed by atoms with Crippen LogP contribution in [0.2, 0.25) is 17.1 Å². The first kappa shape index (κ1) is 12.8. The molecule has 94 valence electrons. The second kappa shape index (κ2) is 4.95. The van der Waals surface area contributed by atoms with Gasteiger partial charge >= 0.3 is 0 Å². The Balaban J connectivity index is 2.18. The molecule has 1 fully saturated rings. The Kier molecular flexibility index (Phi) is 3.74. The van der Waals surface area contributed by atoms with Gasteiger partial charge in [0.15, 0.2) is 8.32 Å². The first-order valence-electron chi connectivity index (χ1n) is 6.75. The molecule has 0 aromatic heterocycles. The Bertz CT molecular complexity index is 350. The fraction of sp³-hybridized carbons (Fsp3) is 0.600. The van der Waals surface area contributed by atoms with Crippen LogP contribution in [0, 0.1) is 0 Å². The largest absolute Gasteiger partial charge is 0.416 e. The molecule has 1 aromatic rings. The van der Waals surface area contributed by atoms with Gasteiger partial charge in [-0.1, -0.05) is 58.0 Å². The van der Waals surface area contributed by atoms with Crippen LogP contribution in [-0.2, 0) is 4.43 Å². The first-order chi connectivity index (χ1) is 8.06. The zero-order valence-corrected chi connectivity index (χ0v) is 12.4. The highest BCUT2D eigenvalue weighted by Crippen LogP contribution is 2.46. The quantitative estimate of drug-likeness (QED) is 0.712. The van der Waals surface area contributed by atoms with Gasteiger partial charge in [0.25, 0.3) is 0 Å². The normalized spacial score (nSPS) is 23.5. The van der Waals surface area contributed by atoms with Gasteiger partial charge in [-0.15, -0.1) is 0 Å². The molecule has 1 unspecified atom stereocenters. The SMILES string of the molecule is CC(C)[Si]1(C(C)C)CC(c2ccccc2)CO1. The molecule has 0 aliphatic carbocycles. The lowest BCUT2D eigenvalue weighted by Crippen LogP contribution is -2.40. The van der Waals surface area contributed by atoms with Gasteiger partial charge in [0, 0.05) is 12.5 Å². The summed E-state index contributed by atoms with van der Waals surface area (Å²) in [5.74, 6) is 0.632. The molecule has 1 aliphatic rings. The molecule has 0 spiro atoms. The lowest BCUT2D eigenvalue weighted by Gasteiger charge is -2.33. The molecule has 0 N–H and O–H groups in total. The van der Waals surface area contributed by atoms with Crippen LogP contribution in [0.3, 0.4) is 0 Å². The summed E-state index contributed by atoms with van der Waals surface area (Å²) in [6, 6.07) is 12.2. The van der Waals surface area contributed by atoms with Crippen LogP contribution in [0.25, 0.3) is 0 Å². The van der Waals surface area contributed by atoms with Crippen molar-refractivity contribution in [3.05, 3.63) is 35.9 Å². The molecule has 0 saturated carbocycles. The van der Waals surface area contributed by atoms with Crippen molar-refractivity contribution >= 4 is 8.32 Å². The molecule has 17 heavy (non-hydrogen) atoms. The molecule has 2 rings (SSSR count). The van der Waals surface area contributed by atoms with E-state index >= 15 is 0 Å². The molecular formula is C15H24OSi. The van der Waals surface area contributed by atoms with Crippen LogP contribution < -0.4 is 0 Å². The zero-order chi connectivity index (χ0) is 12.5. The standard InChI is InChI=1S/C15H24OSi/c1-12(2)17(13(3)4)11-15(10-16-17)14-8-6-5-7-9-14/h5-9,12-13,15H,10-11H2,1-4H3. The van der Waals surface area contributed by atoms with Crippen molar-refractivity contribution in [1.29, 1.82) is 0 Å². The van der Waals surface area contributed by atoms with Crippen molar-refractivity contribution in [3.63, 3.8) is 0 Å². The number of hydrogen-bond donors (Lipinski definition) is 0. The van der Waals surface area contributed by atoms with Gasteiger partial charge in [-0.2, -0.15) is 0 Å². The third-order valence-electron chi connectivity index (χ3n) is 4.34. The van der Waals surface area contributed by atoms with Crippen LogP contribution >= 0.6 is 0 Å². The second-order valence-corrected chi connectivity index (χ2v) is 10.8. The van der Waals surface area contributed by atoms with Gasteiger partial charge in [0.2, 0.25) is 0 Å². The smallest absolute Gasteiger partial charge is 0.198 e. The van der Waals surface area contributed by atoms with Crippen LogP contribution in [-0.4, -0.2) is 14.9 Å². The molecule has 1 aliphatic heterocycles. The monoisotopic (exact) mass is 248 g/mol. The van der Waals surface area contributed by atoms with Gasteiger partial charge in [-0.25, -0.2) is 0 Å². The maximum atomic E-state index is 6.37. The highest BCUT2D eigenvalue weighted by atomic mass is 28.4. The Morgan fingerprint density at radius 2 is 1.65 bits per heavy atom. The molecule has 0 amide bonds. The highest BCUT2D eigenvalue weighted by molar-refractivity contribution is 6.77. The van der Waals surface area contributed by atoms with Crippen LogP contribution in [0.4, 0.5) is 0 Å². The predicted octanol–water partition coefficient (Wildman–Crippen LogP) is 4.57. The number of hydrogen-bond acceptors (Lipinski definition) is 1. The summed E-state index contributed by atoms with van der Waals surface area (Å²) < 4.78 is 6.37. The Hall–Kier alpha value is -0.603. The fourth-order valence-corrected chi connectivity index (χ4v) is 7.87. The van der Waals surface area contributed by atoms with Crippen LogP contribution in [0.15, 0.2) is 30.3 Å². The highest BCUT2D eigenvalue weighted by Gasteiger charge is 2.48. The molecule has 1 heterocycles. The van der Waals surface area contributed by atoms with Crippen LogP contribution in [0.1, 0.15) is 39.2 Å². The maximum absolute atomic E-state index is 6.37. The number of benzene rings is 1. The van der Waals surface area contributed by atoms with Gasteiger partial charge in [-0.3, -0.25) is 0 Å². The average molecular weight is 248 g/mol. The molecule has 0 radical (unpaired) electrons. The maximum Gasteiger partial charge on any atom is 0.198 e. The van der Waals surface area contributed by atoms with E-state index in [1.807, 2.05) is 0 Å². The van der Waals surface area contributed by atoms with E-state index < -0.39 is 8.32 Å². The van der Waals surface area contributed by atoms with E-state index in [4.69, 9.17) is 4.43 Å². The molecule has 1 atom stereocenters. The lowest BCUT2D eigenvalue weighted by atomic mass is 10.0. The van der Waals surface area contributed by atoms with E-state index in [1.165, 1.54) is 11.6 Å². The van der Waals surface area contributed by atoms with Crippen molar-refractivity contribution in [2.45, 2.75) is 50.7 Å².